The van der Waals surface area contributed by atoms with Crippen LogP contribution in [0.5, 0.6) is 0 Å². The van der Waals surface area contributed by atoms with Crippen molar-refractivity contribution in [2.45, 2.75) is 44.8 Å². The third-order valence-corrected chi connectivity index (χ3v) is 4.41. The van der Waals surface area contributed by atoms with Gasteiger partial charge in [0.1, 0.15) is 0 Å². The van der Waals surface area contributed by atoms with Gasteiger partial charge < -0.3 is 15.3 Å². The second-order valence-electron chi connectivity index (χ2n) is 5.37. The highest BCUT2D eigenvalue weighted by Gasteiger charge is 2.22. The monoisotopic (exact) mass is 260 g/mol. The molecule has 0 spiro atoms. The number of hydrogen-bond donors (Lipinski definition) is 2. The Morgan fingerprint density at radius 1 is 1.41 bits per heavy atom. The van der Waals surface area contributed by atoms with Crippen molar-refractivity contribution in [2.24, 2.45) is 0 Å². The summed E-state index contributed by atoms with van der Waals surface area (Å²) >= 11 is 1.71. The van der Waals surface area contributed by atoms with Crippen LogP contribution in [0, 0.1) is 0 Å². The molecule has 1 rings (SSSR count). The normalized spacial score (nSPS) is 26.5. The molecule has 0 saturated carbocycles. The van der Waals surface area contributed by atoms with Crippen LogP contribution in [0.1, 0.15) is 33.1 Å². The molecule has 1 saturated heterocycles. The standard InChI is InChI=1S/C13H28N2OS/c1-4-15-8-5-6-12(7-9-15)14-10-13(2,16)11-17-3/h12,14,16H,4-11H2,1-3H3. The molecule has 1 aliphatic rings. The molecule has 2 unspecified atom stereocenters. The summed E-state index contributed by atoms with van der Waals surface area (Å²) in [4.78, 5) is 2.52. The van der Waals surface area contributed by atoms with Gasteiger partial charge >= 0.3 is 0 Å². The lowest BCUT2D eigenvalue weighted by Gasteiger charge is -2.26. The first-order valence-corrected chi connectivity index (χ1v) is 8.14. The maximum absolute atomic E-state index is 10.1. The van der Waals surface area contributed by atoms with Crippen LogP contribution in [0.4, 0.5) is 0 Å². The van der Waals surface area contributed by atoms with E-state index < -0.39 is 5.60 Å². The van der Waals surface area contributed by atoms with E-state index in [1.54, 1.807) is 11.8 Å². The molecule has 0 aromatic carbocycles. The van der Waals surface area contributed by atoms with Crippen molar-refractivity contribution in [3.05, 3.63) is 0 Å². The molecule has 1 aliphatic heterocycles. The topological polar surface area (TPSA) is 35.5 Å². The fraction of sp³-hybridized carbons (Fsp3) is 1.00. The van der Waals surface area contributed by atoms with E-state index in [0.29, 0.717) is 12.6 Å². The highest BCUT2D eigenvalue weighted by Crippen LogP contribution is 2.13. The summed E-state index contributed by atoms with van der Waals surface area (Å²) < 4.78 is 0. The number of aliphatic hydroxyl groups is 1. The Balaban J connectivity index is 2.27. The predicted octanol–water partition coefficient (Wildman–Crippen LogP) is 1.56. The van der Waals surface area contributed by atoms with E-state index >= 15 is 0 Å². The summed E-state index contributed by atoms with van der Waals surface area (Å²) in [6.45, 7) is 8.46. The van der Waals surface area contributed by atoms with Crippen LogP contribution in [0.25, 0.3) is 0 Å². The summed E-state index contributed by atoms with van der Waals surface area (Å²) in [5.41, 5.74) is -0.573. The van der Waals surface area contributed by atoms with Crippen LogP contribution in [-0.2, 0) is 0 Å². The minimum Gasteiger partial charge on any atom is -0.388 e. The molecule has 17 heavy (non-hydrogen) atoms. The lowest BCUT2D eigenvalue weighted by atomic mass is 10.1. The summed E-state index contributed by atoms with van der Waals surface area (Å²) in [7, 11) is 0. The third-order valence-electron chi connectivity index (χ3n) is 3.49. The van der Waals surface area contributed by atoms with Crippen molar-refractivity contribution < 1.29 is 5.11 Å². The van der Waals surface area contributed by atoms with Gasteiger partial charge in [0.2, 0.25) is 0 Å². The van der Waals surface area contributed by atoms with E-state index in [9.17, 15) is 5.11 Å². The van der Waals surface area contributed by atoms with Crippen molar-refractivity contribution in [2.75, 3.05) is 38.2 Å². The Hall–Kier alpha value is 0.230. The molecule has 3 nitrogen and oxygen atoms in total. The first-order chi connectivity index (χ1) is 8.07. The van der Waals surface area contributed by atoms with Crippen LogP contribution in [0.15, 0.2) is 0 Å². The molecular formula is C13H28N2OS. The number of nitrogens with one attached hydrogen (secondary N) is 1. The Morgan fingerprint density at radius 3 is 2.82 bits per heavy atom. The molecule has 0 radical (unpaired) electrons. The van der Waals surface area contributed by atoms with Crippen molar-refractivity contribution in [1.29, 1.82) is 0 Å². The zero-order valence-corrected chi connectivity index (χ0v) is 12.4. The van der Waals surface area contributed by atoms with Gasteiger partial charge in [0.25, 0.3) is 0 Å². The second kappa shape index (κ2) is 7.62. The molecule has 1 fully saturated rings. The highest BCUT2D eigenvalue weighted by molar-refractivity contribution is 7.98. The summed E-state index contributed by atoms with van der Waals surface area (Å²) in [6.07, 6.45) is 5.77. The van der Waals surface area contributed by atoms with Gasteiger partial charge in [0, 0.05) is 18.3 Å². The van der Waals surface area contributed by atoms with Crippen LogP contribution in [0.3, 0.4) is 0 Å². The minimum absolute atomic E-state index is 0.573. The van der Waals surface area contributed by atoms with E-state index in [-0.39, 0.29) is 0 Å². The van der Waals surface area contributed by atoms with Crippen molar-refractivity contribution >= 4 is 11.8 Å². The molecular weight excluding hydrogens is 232 g/mol. The maximum atomic E-state index is 10.1. The molecule has 2 atom stereocenters. The molecule has 0 aromatic heterocycles. The summed E-state index contributed by atoms with van der Waals surface area (Å²) in [6, 6.07) is 0.583. The number of likely N-dealkylation sites (tertiary alicyclic amines) is 1. The maximum Gasteiger partial charge on any atom is 0.0833 e. The largest absolute Gasteiger partial charge is 0.388 e. The van der Waals surface area contributed by atoms with E-state index in [2.05, 4.69) is 17.1 Å². The first kappa shape index (κ1) is 15.3. The highest BCUT2D eigenvalue weighted by atomic mass is 32.2. The van der Waals surface area contributed by atoms with Crippen molar-refractivity contribution in [3.8, 4) is 0 Å². The van der Waals surface area contributed by atoms with Gasteiger partial charge in [0.05, 0.1) is 5.60 Å². The average Bonchev–Trinajstić information content (AvgIpc) is 2.51. The van der Waals surface area contributed by atoms with Gasteiger partial charge in [-0.1, -0.05) is 6.92 Å². The number of hydrogen-bond acceptors (Lipinski definition) is 4. The zero-order valence-electron chi connectivity index (χ0n) is 11.5. The van der Waals surface area contributed by atoms with E-state index in [0.717, 1.165) is 12.3 Å². The first-order valence-electron chi connectivity index (χ1n) is 6.74. The molecule has 102 valence electrons. The van der Waals surface area contributed by atoms with Crippen LogP contribution in [-0.4, -0.2) is 59.8 Å². The van der Waals surface area contributed by atoms with Gasteiger partial charge in [-0.3, -0.25) is 0 Å². The zero-order chi connectivity index (χ0) is 12.7. The van der Waals surface area contributed by atoms with Crippen LogP contribution in [0.2, 0.25) is 0 Å². The Kier molecular flexibility index (Phi) is 6.85. The fourth-order valence-electron chi connectivity index (χ4n) is 2.40. The van der Waals surface area contributed by atoms with E-state index in [1.807, 2.05) is 13.2 Å². The summed E-state index contributed by atoms with van der Waals surface area (Å²) in [5, 5.41) is 13.7. The van der Waals surface area contributed by atoms with Crippen LogP contribution >= 0.6 is 11.8 Å². The fourth-order valence-corrected chi connectivity index (χ4v) is 3.13. The number of rotatable bonds is 6. The molecule has 0 bridgehead atoms. The quantitative estimate of drug-likeness (QED) is 0.760. The molecule has 0 aromatic rings. The van der Waals surface area contributed by atoms with E-state index in [4.69, 9.17) is 0 Å². The molecule has 0 amide bonds. The second-order valence-corrected chi connectivity index (χ2v) is 6.24. The van der Waals surface area contributed by atoms with Gasteiger partial charge in [0.15, 0.2) is 0 Å². The molecule has 0 aliphatic carbocycles. The van der Waals surface area contributed by atoms with Gasteiger partial charge in [-0.05, 0) is 52.1 Å². The SMILES string of the molecule is CCN1CCCC(NCC(C)(O)CSC)CC1. The van der Waals surface area contributed by atoms with Crippen LogP contribution < -0.4 is 5.32 Å². The number of nitrogens with zero attached hydrogens (tertiary/aromatic N) is 1. The molecule has 2 N–H and O–H groups in total. The van der Waals surface area contributed by atoms with Gasteiger partial charge in [-0.25, -0.2) is 0 Å². The molecule has 4 heteroatoms. The van der Waals surface area contributed by atoms with Gasteiger partial charge in [-0.2, -0.15) is 11.8 Å². The smallest absolute Gasteiger partial charge is 0.0833 e. The lowest BCUT2D eigenvalue weighted by Crippen LogP contribution is -2.44. The van der Waals surface area contributed by atoms with E-state index in [1.165, 1.54) is 32.4 Å². The average molecular weight is 260 g/mol. The Labute approximate surface area is 110 Å². The van der Waals surface area contributed by atoms with Crippen molar-refractivity contribution in [1.82, 2.24) is 10.2 Å². The third kappa shape index (κ3) is 6.09. The predicted molar refractivity (Wildman–Crippen MR) is 76.8 cm³/mol. The number of thioether (sulfide) groups is 1. The van der Waals surface area contributed by atoms with Crippen molar-refractivity contribution in [3.63, 3.8) is 0 Å². The minimum atomic E-state index is -0.573. The molecule has 1 heterocycles. The summed E-state index contributed by atoms with van der Waals surface area (Å²) in [5.74, 6) is 0.799. The lowest BCUT2D eigenvalue weighted by molar-refractivity contribution is 0.0807. The van der Waals surface area contributed by atoms with Gasteiger partial charge in [-0.15, -0.1) is 0 Å². The Bertz CT molecular complexity index is 212. The Morgan fingerprint density at radius 2 is 2.18 bits per heavy atom.